The van der Waals surface area contributed by atoms with E-state index in [9.17, 15) is 4.79 Å². The molecule has 0 aliphatic rings. The Morgan fingerprint density at radius 1 is 1.33 bits per heavy atom. The monoisotopic (exact) mass is 344 g/mol. The Hall–Kier alpha value is -2.81. The quantitative estimate of drug-likeness (QED) is 0.706. The van der Waals surface area contributed by atoms with Crippen molar-refractivity contribution in [1.82, 2.24) is 30.1 Å². The van der Waals surface area contributed by atoms with Crippen LogP contribution in [0.3, 0.4) is 0 Å². The number of benzene rings is 1. The maximum absolute atomic E-state index is 12.1. The molecular weight excluding hydrogens is 328 g/mol. The molecule has 0 radical (unpaired) electrons. The zero-order chi connectivity index (χ0) is 16.9. The number of aromatic amines is 1. The van der Waals surface area contributed by atoms with Crippen LogP contribution in [0.25, 0.3) is 11.4 Å². The third-order valence-corrected chi connectivity index (χ3v) is 4.16. The first-order valence-electron chi connectivity index (χ1n) is 7.36. The number of rotatable bonds is 6. The number of hydrogen-bond acceptors (Lipinski definition) is 7. The van der Waals surface area contributed by atoms with Gasteiger partial charge in [-0.1, -0.05) is 11.4 Å². The number of hydrogen-bond donors (Lipinski definition) is 2. The van der Waals surface area contributed by atoms with E-state index in [1.54, 1.807) is 7.11 Å². The summed E-state index contributed by atoms with van der Waals surface area (Å²) in [5, 5.41) is 13.7. The van der Waals surface area contributed by atoms with Crippen LogP contribution in [0.1, 0.15) is 28.1 Å². The Labute approximate surface area is 142 Å². The van der Waals surface area contributed by atoms with Gasteiger partial charge in [-0.25, -0.2) is 4.98 Å². The van der Waals surface area contributed by atoms with Gasteiger partial charge in [0.1, 0.15) is 16.5 Å². The number of nitrogens with one attached hydrogen (secondary N) is 2. The average molecular weight is 344 g/mol. The summed E-state index contributed by atoms with van der Waals surface area (Å²) in [6.45, 7) is 2.19. The van der Waals surface area contributed by atoms with Crippen LogP contribution in [0.5, 0.6) is 5.75 Å². The van der Waals surface area contributed by atoms with E-state index in [2.05, 4.69) is 30.1 Å². The van der Waals surface area contributed by atoms with Crippen molar-refractivity contribution in [3.8, 4) is 17.1 Å². The van der Waals surface area contributed by atoms with Crippen molar-refractivity contribution in [3.05, 3.63) is 40.7 Å². The highest BCUT2D eigenvalue weighted by Crippen LogP contribution is 2.19. The van der Waals surface area contributed by atoms with Gasteiger partial charge in [0.25, 0.3) is 5.91 Å². The maximum atomic E-state index is 12.1. The first-order chi connectivity index (χ1) is 11.7. The Morgan fingerprint density at radius 3 is 2.83 bits per heavy atom. The molecule has 2 heterocycles. The lowest BCUT2D eigenvalue weighted by molar-refractivity contribution is 0.0953. The first kappa shape index (κ1) is 16.1. The minimum atomic E-state index is -0.204. The molecule has 1 aromatic carbocycles. The van der Waals surface area contributed by atoms with Crippen LogP contribution in [0.15, 0.2) is 24.3 Å². The lowest BCUT2D eigenvalue weighted by Gasteiger charge is -2.01. The van der Waals surface area contributed by atoms with Crippen LogP contribution < -0.4 is 10.1 Å². The normalized spacial score (nSPS) is 10.6. The third kappa shape index (κ3) is 3.40. The SMILES string of the molecule is CCc1nnsc1C(=O)NCc1nc(-c2ccc(OC)cc2)n[nH]1. The second kappa shape index (κ2) is 7.18. The fourth-order valence-electron chi connectivity index (χ4n) is 2.10. The molecule has 9 heteroatoms. The Balaban J connectivity index is 1.64. The molecule has 0 unspecified atom stereocenters. The highest BCUT2D eigenvalue weighted by Gasteiger charge is 2.15. The number of nitrogens with zero attached hydrogens (tertiary/aromatic N) is 4. The second-order valence-electron chi connectivity index (χ2n) is 4.92. The van der Waals surface area contributed by atoms with Gasteiger partial charge in [0.15, 0.2) is 5.82 Å². The minimum absolute atomic E-state index is 0.204. The lowest BCUT2D eigenvalue weighted by Crippen LogP contribution is -2.23. The molecule has 0 saturated heterocycles. The summed E-state index contributed by atoms with van der Waals surface area (Å²) in [6.07, 6.45) is 0.670. The number of carbonyl (C=O) groups is 1. The molecule has 0 aliphatic heterocycles. The van der Waals surface area contributed by atoms with Gasteiger partial charge in [0.2, 0.25) is 0 Å². The van der Waals surface area contributed by atoms with Crippen molar-refractivity contribution in [2.45, 2.75) is 19.9 Å². The van der Waals surface area contributed by atoms with Gasteiger partial charge in [-0.05, 0) is 42.2 Å². The fourth-order valence-corrected chi connectivity index (χ4v) is 2.77. The van der Waals surface area contributed by atoms with E-state index in [4.69, 9.17) is 4.74 Å². The Morgan fingerprint density at radius 2 is 2.12 bits per heavy atom. The van der Waals surface area contributed by atoms with Gasteiger partial charge in [-0.2, -0.15) is 5.10 Å². The molecule has 8 nitrogen and oxygen atoms in total. The molecule has 0 saturated carbocycles. The Kier molecular flexibility index (Phi) is 4.80. The van der Waals surface area contributed by atoms with Gasteiger partial charge in [0.05, 0.1) is 19.3 Å². The van der Waals surface area contributed by atoms with Gasteiger partial charge in [-0.3, -0.25) is 9.89 Å². The predicted octanol–water partition coefficient (Wildman–Crippen LogP) is 1.82. The number of aryl methyl sites for hydroxylation is 1. The summed E-state index contributed by atoms with van der Waals surface area (Å²) in [7, 11) is 1.62. The molecule has 3 rings (SSSR count). The lowest BCUT2D eigenvalue weighted by atomic mass is 10.2. The summed E-state index contributed by atoms with van der Waals surface area (Å²) in [6, 6.07) is 7.44. The maximum Gasteiger partial charge on any atom is 0.265 e. The summed E-state index contributed by atoms with van der Waals surface area (Å²) in [4.78, 5) is 17.1. The van der Waals surface area contributed by atoms with Crippen LogP contribution in [0.2, 0.25) is 0 Å². The number of carbonyl (C=O) groups excluding carboxylic acids is 1. The van der Waals surface area contributed by atoms with Crippen molar-refractivity contribution >= 4 is 17.4 Å². The van der Waals surface area contributed by atoms with E-state index >= 15 is 0 Å². The number of amides is 1. The molecule has 0 aliphatic carbocycles. The highest BCUT2D eigenvalue weighted by atomic mass is 32.1. The molecule has 124 valence electrons. The number of aromatic nitrogens is 5. The zero-order valence-electron chi connectivity index (χ0n) is 13.2. The van der Waals surface area contributed by atoms with E-state index < -0.39 is 0 Å². The van der Waals surface area contributed by atoms with Crippen LogP contribution >= 0.6 is 11.5 Å². The van der Waals surface area contributed by atoms with Crippen molar-refractivity contribution in [3.63, 3.8) is 0 Å². The molecule has 0 spiro atoms. The molecule has 0 bridgehead atoms. The van der Waals surface area contributed by atoms with Gasteiger partial charge in [-0.15, -0.1) is 5.10 Å². The largest absolute Gasteiger partial charge is 0.497 e. The van der Waals surface area contributed by atoms with Crippen molar-refractivity contribution < 1.29 is 9.53 Å². The van der Waals surface area contributed by atoms with Crippen LogP contribution in [0, 0.1) is 0 Å². The van der Waals surface area contributed by atoms with Crippen LogP contribution in [-0.2, 0) is 13.0 Å². The number of methoxy groups -OCH3 is 1. The van der Waals surface area contributed by atoms with Gasteiger partial charge < -0.3 is 10.1 Å². The summed E-state index contributed by atoms with van der Waals surface area (Å²) in [5.41, 5.74) is 1.57. The van der Waals surface area contributed by atoms with Gasteiger partial charge in [0, 0.05) is 5.56 Å². The van der Waals surface area contributed by atoms with Crippen LogP contribution in [0.4, 0.5) is 0 Å². The van der Waals surface area contributed by atoms with E-state index in [0.29, 0.717) is 28.6 Å². The van der Waals surface area contributed by atoms with E-state index in [1.165, 1.54) is 0 Å². The molecule has 2 aromatic heterocycles. The highest BCUT2D eigenvalue weighted by molar-refractivity contribution is 7.08. The summed E-state index contributed by atoms with van der Waals surface area (Å²) < 4.78 is 8.94. The fraction of sp³-hybridized carbons (Fsp3) is 0.267. The van der Waals surface area contributed by atoms with Crippen molar-refractivity contribution in [2.24, 2.45) is 0 Å². The van der Waals surface area contributed by atoms with E-state index in [1.807, 2.05) is 31.2 Å². The third-order valence-electron chi connectivity index (χ3n) is 3.39. The summed E-state index contributed by atoms with van der Waals surface area (Å²) >= 11 is 1.09. The smallest absolute Gasteiger partial charge is 0.265 e. The predicted molar refractivity (Wildman–Crippen MR) is 88.8 cm³/mol. The van der Waals surface area contributed by atoms with E-state index in [0.717, 1.165) is 22.8 Å². The molecule has 2 N–H and O–H groups in total. The first-order valence-corrected chi connectivity index (χ1v) is 8.13. The molecular formula is C15H16N6O2S. The number of ether oxygens (including phenoxy) is 1. The molecule has 1 amide bonds. The second-order valence-corrected chi connectivity index (χ2v) is 5.67. The average Bonchev–Trinajstić information content (AvgIpc) is 3.29. The van der Waals surface area contributed by atoms with Gasteiger partial charge >= 0.3 is 0 Å². The number of H-pyrrole nitrogens is 1. The zero-order valence-corrected chi connectivity index (χ0v) is 14.1. The molecule has 3 aromatic rings. The minimum Gasteiger partial charge on any atom is -0.497 e. The molecule has 24 heavy (non-hydrogen) atoms. The van der Waals surface area contributed by atoms with Crippen molar-refractivity contribution in [1.29, 1.82) is 0 Å². The topological polar surface area (TPSA) is 106 Å². The standard InChI is InChI=1S/C15H16N6O2S/c1-3-11-13(24-21-18-11)15(22)16-8-12-17-14(20-19-12)9-4-6-10(23-2)7-5-9/h4-7H,3,8H2,1-2H3,(H,16,22)(H,17,19,20). The molecule has 0 fully saturated rings. The van der Waals surface area contributed by atoms with E-state index in [-0.39, 0.29) is 12.5 Å². The summed E-state index contributed by atoms with van der Waals surface area (Å²) in [5.74, 6) is 1.70. The molecule has 0 atom stereocenters. The Bertz CT molecular complexity index is 827. The van der Waals surface area contributed by atoms with Crippen LogP contribution in [-0.4, -0.2) is 37.8 Å². The van der Waals surface area contributed by atoms with Crippen molar-refractivity contribution in [2.75, 3.05) is 7.11 Å².